The number of carboxylic acids is 1. The molecule has 0 aliphatic heterocycles. The monoisotopic (exact) mass is 345 g/mol. The van der Waals surface area contributed by atoms with Gasteiger partial charge in [-0.1, -0.05) is 6.42 Å². The summed E-state index contributed by atoms with van der Waals surface area (Å²) in [7, 11) is 1.37. The molecule has 0 saturated heterocycles. The zero-order valence-corrected chi connectivity index (χ0v) is 13.0. The van der Waals surface area contributed by atoms with Gasteiger partial charge in [-0.05, 0) is 37.5 Å². The van der Waals surface area contributed by atoms with Gasteiger partial charge in [-0.15, -0.1) is 0 Å². The number of amides is 1. The molecule has 1 fully saturated rings. The summed E-state index contributed by atoms with van der Waals surface area (Å²) in [5.41, 5.74) is -0.131. The number of hydrogen-bond acceptors (Lipinski definition) is 3. The third-order valence-corrected chi connectivity index (χ3v) is 4.22. The molecule has 2 rings (SSSR count). The largest absolute Gasteiger partial charge is 0.497 e. The number of aromatic carboxylic acids is 1. The van der Waals surface area contributed by atoms with Crippen LogP contribution in [0.4, 0.5) is 18.9 Å². The zero-order chi connectivity index (χ0) is 17.9. The van der Waals surface area contributed by atoms with E-state index in [9.17, 15) is 27.9 Å². The minimum absolute atomic E-state index is 0.0240. The van der Waals surface area contributed by atoms with Crippen LogP contribution in [0.3, 0.4) is 0 Å². The number of hydrogen-bond donors (Lipinski definition) is 2. The molecule has 0 spiro atoms. The molecule has 1 saturated carbocycles. The van der Waals surface area contributed by atoms with Crippen LogP contribution in [-0.2, 0) is 4.79 Å². The van der Waals surface area contributed by atoms with Crippen molar-refractivity contribution in [1.29, 1.82) is 0 Å². The van der Waals surface area contributed by atoms with E-state index >= 15 is 0 Å². The predicted octanol–water partition coefficient (Wildman–Crippen LogP) is 3.70. The van der Waals surface area contributed by atoms with Crippen molar-refractivity contribution < 1.29 is 32.6 Å². The topological polar surface area (TPSA) is 75.6 Å². The van der Waals surface area contributed by atoms with Crippen molar-refractivity contribution >= 4 is 17.6 Å². The van der Waals surface area contributed by atoms with E-state index in [1.165, 1.54) is 25.3 Å². The van der Waals surface area contributed by atoms with Crippen LogP contribution in [0.2, 0.25) is 0 Å². The van der Waals surface area contributed by atoms with E-state index in [2.05, 4.69) is 5.32 Å². The highest BCUT2D eigenvalue weighted by Crippen LogP contribution is 2.40. The van der Waals surface area contributed by atoms with Crippen LogP contribution in [0.5, 0.6) is 5.75 Å². The standard InChI is InChI=1S/C16H18F3NO4/c1-24-11-5-6-13(12(8-11)15(22)23)20-14(21)9-3-2-4-10(7-9)16(17,18)19/h5-6,8-10H,2-4,7H2,1H3,(H,20,21)(H,22,23). The van der Waals surface area contributed by atoms with Gasteiger partial charge in [0.2, 0.25) is 5.91 Å². The highest BCUT2D eigenvalue weighted by Gasteiger charge is 2.43. The van der Waals surface area contributed by atoms with Crippen molar-refractivity contribution in [1.82, 2.24) is 0 Å². The Morgan fingerprint density at radius 3 is 2.58 bits per heavy atom. The van der Waals surface area contributed by atoms with Gasteiger partial charge >= 0.3 is 12.1 Å². The number of anilines is 1. The Morgan fingerprint density at radius 1 is 1.29 bits per heavy atom. The molecule has 5 nitrogen and oxygen atoms in total. The number of ether oxygens (including phenoxy) is 1. The first kappa shape index (κ1) is 18.1. The summed E-state index contributed by atoms with van der Waals surface area (Å²) in [6.45, 7) is 0. The van der Waals surface area contributed by atoms with Crippen molar-refractivity contribution in [2.75, 3.05) is 12.4 Å². The molecule has 0 aromatic heterocycles. The Bertz CT molecular complexity index is 630. The number of carbonyl (C=O) groups is 2. The smallest absolute Gasteiger partial charge is 0.391 e. The fourth-order valence-electron chi connectivity index (χ4n) is 2.90. The number of rotatable bonds is 4. The second kappa shape index (κ2) is 7.11. The van der Waals surface area contributed by atoms with Crippen LogP contribution in [0, 0.1) is 11.8 Å². The summed E-state index contributed by atoms with van der Waals surface area (Å²) in [6, 6.07) is 4.09. The number of methoxy groups -OCH3 is 1. The lowest BCUT2D eigenvalue weighted by Gasteiger charge is -2.29. The van der Waals surface area contributed by atoms with Gasteiger partial charge in [0, 0.05) is 5.92 Å². The lowest BCUT2D eigenvalue weighted by molar-refractivity contribution is -0.185. The molecule has 2 unspecified atom stereocenters. The maximum Gasteiger partial charge on any atom is 0.391 e. The molecule has 1 aromatic carbocycles. The Morgan fingerprint density at radius 2 is 2.00 bits per heavy atom. The fraction of sp³-hybridized carbons (Fsp3) is 0.500. The molecule has 1 aromatic rings. The van der Waals surface area contributed by atoms with E-state index in [0.29, 0.717) is 18.6 Å². The third-order valence-electron chi connectivity index (χ3n) is 4.22. The molecular formula is C16H18F3NO4. The molecule has 132 valence electrons. The van der Waals surface area contributed by atoms with Crippen LogP contribution in [-0.4, -0.2) is 30.3 Å². The van der Waals surface area contributed by atoms with E-state index in [-0.39, 0.29) is 24.1 Å². The number of benzene rings is 1. The van der Waals surface area contributed by atoms with E-state index in [0.717, 1.165) is 0 Å². The molecule has 0 radical (unpaired) electrons. The average molecular weight is 345 g/mol. The Kier molecular flexibility index (Phi) is 5.36. The van der Waals surface area contributed by atoms with Crippen LogP contribution in [0.15, 0.2) is 18.2 Å². The molecule has 2 atom stereocenters. The van der Waals surface area contributed by atoms with Gasteiger partial charge < -0.3 is 15.2 Å². The maximum absolute atomic E-state index is 12.8. The Balaban J connectivity index is 2.13. The van der Waals surface area contributed by atoms with Gasteiger partial charge in [0.1, 0.15) is 5.75 Å². The summed E-state index contributed by atoms with van der Waals surface area (Å²) in [4.78, 5) is 23.5. The number of nitrogens with one attached hydrogen (secondary N) is 1. The second-order valence-electron chi connectivity index (χ2n) is 5.81. The quantitative estimate of drug-likeness (QED) is 0.872. The lowest BCUT2D eigenvalue weighted by Crippen LogP contribution is -2.34. The molecule has 1 amide bonds. The summed E-state index contributed by atoms with van der Waals surface area (Å²) >= 11 is 0. The van der Waals surface area contributed by atoms with Gasteiger partial charge in [-0.25, -0.2) is 4.79 Å². The number of halogens is 3. The summed E-state index contributed by atoms with van der Waals surface area (Å²) < 4.78 is 43.4. The van der Waals surface area contributed by atoms with E-state index in [1.807, 2.05) is 0 Å². The van der Waals surface area contributed by atoms with Crippen molar-refractivity contribution in [3.8, 4) is 5.75 Å². The van der Waals surface area contributed by atoms with Crippen LogP contribution in [0.25, 0.3) is 0 Å². The Hall–Kier alpha value is -2.25. The first-order valence-corrected chi connectivity index (χ1v) is 7.51. The van der Waals surface area contributed by atoms with Crippen LogP contribution in [0.1, 0.15) is 36.0 Å². The zero-order valence-electron chi connectivity index (χ0n) is 13.0. The maximum atomic E-state index is 12.8. The van der Waals surface area contributed by atoms with Gasteiger partial charge in [0.05, 0.1) is 24.3 Å². The lowest BCUT2D eigenvalue weighted by atomic mass is 9.80. The average Bonchev–Trinajstić information content (AvgIpc) is 2.54. The third kappa shape index (κ3) is 4.18. The van der Waals surface area contributed by atoms with Crippen molar-refractivity contribution in [2.24, 2.45) is 11.8 Å². The minimum atomic E-state index is -4.31. The van der Waals surface area contributed by atoms with E-state index in [1.54, 1.807) is 0 Å². The van der Waals surface area contributed by atoms with Crippen LogP contribution < -0.4 is 10.1 Å². The van der Waals surface area contributed by atoms with Crippen LogP contribution >= 0.6 is 0 Å². The first-order valence-electron chi connectivity index (χ1n) is 7.51. The van der Waals surface area contributed by atoms with Crippen molar-refractivity contribution in [3.05, 3.63) is 23.8 Å². The molecule has 1 aliphatic rings. The van der Waals surface area contributed by atoms with E-state index in [4.69, 9.17) is 4.74 Å². The first-order chi connectivity index (χ1) is 11.2. The van der Waals surface area contributed by atoms with Gasteiger partial charge in [-0.2, -0.15) is 13.2 Å². The summed E-state index contributed by atoms with van der Waals surface area (Å²) in [5, 5.41) is 11.6. The molecule has 8 heteroatoms. The van der Waals surface area contributed by atoms with Crippen molar-refractivity contribution in [3.63, 3.8) is 0 Å². The number of carbonyl (C=O) groups excluding carboxylic acids is 1. The molecule has 24 heavy (non-hydrogen) atoms. The number of alkyl halides is 3. The van der Waals surface area contributed by atoms with Crippen molar-refractivity contribution in [2.45, 2.75) is 31.9 Å². The fourth-order valence-corrected chi connectivity index (χ4v) is 2.90. The SMILES string of the molecule is COc1ccc(NC(=O)C2CCCC(C(F)(F)F)C2)c(C(=O)O)c1. The van der Waals surface area contributed by atoms with Gasteiger partial charge in [0.15, 0.2) is 0 Å². The molecule has 0 heterocycles. The van der Waals surface area contributed by atoms with Gasteiger partial charge in [0.25, 0.3) is 0 Å². The van der Waals surface area contributed by atoms with E-state index < -0.39 is 29.9 Å². The normalized spacial score (nSPS) is 21.2. The molecule has 1 aliphatic carbocycles. The molecule has 2 N–H and O–H groups in total. The highest BCUT2D eigenvalue weighted by molar-refractivity contribution is 6.01. The minimum Gasteiger partial charge on any atom is -0.497 e. The summed E-state index contributed by atoms with van der Waals surface area (Å²) in [6.07, 6.45) is -3.89. The second-order valence-corrected chi connectivity index (χ2v) is 5.81. The molecular weight excluding hydrogens is 327 g/mol. The van der Waals surface area contributed by atoms with Gasteiger partial charge in [-0.3, -0.25) is 4.79 Å². The Labute approximate surface area is 136 Å². The predicted molar refractivity (Wildman–Crippen MR) is 80.1 cm³/mol. The number of carboxylic acid groups (broad SMARTS) is 1. The summed E-state index contributed by atoms with van der Waals surface area (Å²) in [5.74, 6) is -3.82. The molecule has 0 bridgehead atoms. The highest BCUT2D eigenvalue weighted by atomic mass is 19.4.